The number of aliphatic hydroxyl groups excluding tert-OH is 1. The number of unbranched alkanes of at least 4 members (excludes halogenated alkanes) is 1. The van der Waals surface area contributed by atoms with Crippen LogP contribution in [0.4, 0.5) is 0 Å². The van der Waals surface area contributed by atoms with Gasteiger partial charge in [-0.15, -0.1) is 0 Å². The van der Waals surface area contributed by atoms with Crippen molar-refractivity contribution in [3.63, 3.8) is 0 Å². The average Bonchev–Trinajstić information content (AvgIpc) is 2.92. The van der Waals surface area contributed by atoms with Gasteiger partial charge in [-0.1, -0.05) is 60.7 Å². The maximum atomic E-state index is 13.3. The molecule has 0 bridgehead atoms. The third kappa shape index (κ3) is 11.7. The highest BCUT2D eigenvalue weighted by Gasteiger charge is 2.29. The largest absolute Gasteiger partial charge is 0.390 e. The number of benzene rings is 2. The van der Waals surface area contributed by atoms with Crippen molar-refractivity contribution < 1.29 is 24.3 Å². The standard InChI is InChI=1S/C29H41N5O5/c1-20(35)32-25(18-22-13-7-4-8-14-22)29(39)34-24(17-21-11-5-3-6-12-21)26(36)19-27(37)33-23(28(38)31-2)15-9-10-16-30/h3-8,11-14,23-26,36H,9-10,15-19,30H2,1-2H3,(H,31,38)(H,32,35)(H,33,37)(H,34,39)/t23-,24-,25-,26-/m0/s1. The third-order valence-corrected chi connectivity index (χ3v) is 6.31. The highest BCUT2D eigenvalue weighted by Crippen LogP contribution is 2.12. The third-order valence-electron chi connectivity index (χ3n) is 6.31. The van der Waals surface area contributed by atoms with E-state index in [9.17, 15) is 24.3 Å². The van der Waals surface area contributed by atoms with Crippen molar-refractivity contribution >= 4 is 23.6 Å². The van der Waals surface area contributed by atoms with Gasteiger partial charge in [-0.2, -0.15) is 0 Å². The van der Waals surface area contributed by atoms with Crippen LogP contribution in [0, 0.1) is 0 Å². The predicted molar refractivity (Wildman–Crippen MR) is 149 cm³/mol. The molecule has 4 amide bonds. The van der Waals surface area contributed by atoms with E-state index in [0.717, 1.165) is 17.5 Å². The van der Waals surface area contributed by atoms with Crippen molar-refractivity contribution in [2.75, 3.05) is 13.6 Å². The van der Waals surface area contributed by atoms with Crippen molar-refractivity contribution in [1.82, 2.24) is 21.3 Å². The summed E-state index contributed by atoms with van der Waals surface area (Å²) in [4.78, 5) is 50.3. The highest BCUT2D eigenvalue weighted by atomic mass is 16.3. The molecule has 0 aliphatic carbocycles. The summed E-state index contributed by atoms with van der Waals surface area (Å²) in [6.07, 6.45) is 0.739. The first-order valence-corrected chi connectivity index (χ1v) is 13.3. The number of hydrogen-bond acceptors (Lipinski definition) is 6. The number of hydrogen-bond donors (Lipinski definition) is 6. The molecule has 0 saturated carbocycles. The first kappa shape index (κ1) is 31.5. The molecule has 0 fully saturated rings. The lowest BCUT2D eigenvalue weighted by atomic mass is 9.97. The van der Waals surface area contributed by atoms with E-state index in [1.807, 2.05) is 60.7 Å². The van der Waals surface area contributed by atoms with E-state index in [-0.39, 0.29) is 31.1 Å². The summed E-state index contributed by atoms with van der Waals surface area (Å²) in [7, 11) is 1.49. The molecule has 0 aliphatic heterocycles. The van der Waals surface area contributed by atoms with Gasteiger partial charge >= 0.3 is 0 Å². The minimum atomic E-state index is -1.25. The van der Waals surface area contributed by atoms with Crippen LogP contribution in [-0.2, 0) is 32.0 Å². The molecule has 0 aliphatic rings. The molecule has 212 valence electrons. The lowest BCUT2D eigenvalue weighted by Gasteiger charge is -2.27. The number of nitrogens with two attached hydrogens (primary N) is 1. The molecule has 4 atom stereocenters. The van der Waals surface area contributed by atoms with Crippen molar-refractivity contribution in [1.29, 1.82) is 0 Å². The fourth-order valence-electron chi connectivity index (χ4n) is 4.26. The van der Waals surface area contributed by atoms with Gasteiger partial charge < -0.3 is 32.1 Å². The van der Waals surface area contributed by atoms with Crippen LogP contribution >= 0.6 is 0 Å². The van der Waals surface area contributed by atoms with Crippen molar-refractivity contribution in [2.45, 2.75) is 69.7 Å². The summed E-state index contributed by atoms with van der Waals surface area (Å²) in [5.41, 5.74) is 7.25. The molecule has 0 heterocycles. The number of nitrogens with one attached hydrogen (secondary N) is 4. The lowest BCUT2D eigenvalue weighted by molar-refractivity contribution is -0.131. The maximum absolute atomic E-state index is 13.3. The smallest absolute Gasteiger partial charge is 0.243 e. The van der Waals surface area contributed by atoms with Crippen LogP contribution in [0.15, 0.2) is 60.7 Å². The Balaban J connectivity index is 2.16. The Morgan fingerprint density at radius 3 is 1.92 bits per heavy atom. The second-order valence-electron chi connectivity index (χ2n) is 9.54. The number of likely N-dealkylation sites (N-methyl/N-ethyl adjacent to an activating group) is 1. The monoisotopic (exact) mass is 539 g/mol. The highest BCUT2D eigenvalue weighted by molar-refractivity contribution is 5.88. The van der Waals surface area contributed by atoms with Gasteiger partial charge in [0.25, 0.3) is 0 Å². The van der Waals surface area contributed by atoms with Crippen LogP contribution in [-0.4, -0.2) is 66.6 Å². The summed E-state index contributed by atoms with van der Waals surface area (Å²) in [5, 5.41) is 21.8. The summed E-state index contributed by atoms with van der Waals surface area (Å²) < 4.78 is 0. The van der Waals surface area contributed by atoms with Crippen LogP contribution in [0.25, 0.3) is 0 Å². The molecule has 2 aromatic rings. The fraction of sp³-hybridized carbons (Fsp3) is 0.448. The van der Waals surface area contributed by atoms with E-state index in [2.05, 4.69) is 21.3 Å². The quantitative estimate of drug-likeness (QED) is 0.171. The van der Waals surface area contributed by atoms with Gasteiger partial charge in [-0.3, -0.25) is 19.2 Å². The topological polar surface area (TPSA) is 163 Å². The maximum Gasteiger partial charge on any atom is 0.243 e. The summed E-state index contributed by atoms with van der Waals surface area (Å²) in [6, 6.07) is 16.1. The van der Waals surface area contributed by atoms with Gasteiger partial charge in [0.05, 0.1) is 18.6 Å². The zero-order valence-corrected chi connectivity index (χ0v) is 22.7. The van der Waals surface area contributed by atoms with Crippen molar-refractivity contribution in [3.05, 3.63) is 71.8 Å². The van der Waals surface area contributed by atoms with Gasteiger partial charge in [-0.25, -0.2) is 0 Å². The second-order valence-corrected chi connectivity index (χ2v) is 9.54. The normalized spacial score (nSPS) is 13.8. The average molecular weight is 540 g/mol. The van der Waals surface area contributed by atoms with Crippen molar-refractivity contribution in [2.24, 2.45) is 5.73 Å². The van der Waals surface area contributed by atoms with Crippen LogP contribution in [0.2, 0.25) is 0 Å². The number of aliphatic hydroxyl groups is 1. The first-order chi connectivity index (χ1) is 18.7. The minimum Gasteiger partial charge on any atom is -0.390 e. The van der Waals surface area contributed by atoms with E-state index >= 15 is 0 Å². The molecule has 2 rings (SSSR count). The second kappa shape index (κ2) is 17.0. The Bertz CT molecular complexity index is 1050. The molecule has 0 saturated heterocycles. The zero-order valence-electron chi connectivity index (χ0n) is 22.7. The Hall–Kier alpha value is -3.76. The Morgan fingerprint density at radius 2 is 1.38 bits per heavy atom. The zero-order chi connectivity index (χ0) is 28.6. The van der Waals surface area contributed by atoms with Crippen molar-refractivity contribution in [3.8, 4) is 0 Å². The molecule has 0 spiro atoms. The molecule has 39 heavy (non-hydrogen) atoms. The summed E-state index contributed by atoms with van der Waals surface area (Å²) >= 11 is 0. The first-order valence-electron chi connectivity index (χ1n) is 13.3. The van der Waals surface area contributed by atoms with Crippen LogP contribution in [0.5, 0.6) is 0 Å². The molecular formula is C29H41N5O5. The molecule has 7 N–H and O–H groups in total. The lowest BCUT2D eigenvalue weighted by Crippen LogP contribution is -2.54. The SMILES string of the molecule is CNC(=O)[C@H](CCCCN)NC(=O)C[C@H](O)[C@H](Cc1ccccc1)NC(=O)[C@H](Cc1ccccc1)NC(C)=O. The molecule has 10 heteroatoms. The number of rotatable bonds is 16. The van der Waals surface area contributed by atoms with E-state index in [1.165, 1.54) is 14.0 Å². The molecular weight excluding hydrogens is 498 g/mol. The molecule has 10 nitrogen and oxygen atoms in total. The summed E-state index contributed by atoms with van der Waals surface area (Å²) in [5.74, 6) is -1.68. The molecule has 0 aromatic heterocycles. The van der Waals surface area contributed by atoms with E-state index in [0.29, 0.717) is 19.4 Å². The van der Waals surface area contributed by atoms with Gasteiger partial charge in [-0.05, 0) is 43.4 Å². The number of amides is 4. The van der Waals surface area contributed by atoms with Gasteiger partial charge in [0.15, 0.2) is 0 Å². The Kier molecular flexibility index (Phi) is 13.7. The van der Waals surface area contributed by atoms with E-state index < -0.39 is 36.0 Å². The Labute approximate surface area is 230 Å². The Morgan fingerprint density at radius 1 is 0.795 bits per heavy atom. The summed E-state index contributed by atoms with van der Waals surface area (Å²) in [6.45, 7) is 1.82. The van der Waals surface area contributed by atoms with E-state index in [4.69, 9.17) is 5.73 Å². The molecule has 0 unspecified atom stereocenters. The van der Waals surface area contributed by atoms with Gasteiger partial charge in [0, 0.05) is 20.4 Å². The number of carbonyl (C=O) groups is 4. The van der Waals surface area contributed by atoms with E-state index in [1.54, 1.807) is 0 Å². The van der Waals surface area contributed by atoms with Crippen LogP contribution in [0.3, 0.4) is 0 Å². The predicted octanol–water partition coefficient (Wildman–Crippen LogP) is 0.572. The van der Waals surface area contributed by atoms with Crippen LogP contribution < -0.4 is 27.0 Å². The van der Waals surface area contributed by atoms with Crippen LogP contribution in [0.1, 0.15) is 43.7 Å². The fourth-order valence-corrected chi connectivity index (χ4v) is 4.26. The molecule has 2 aromatic carbocycles. The van der Waals surface area contributed by atoms with Gasteiger partial charge in [0.2, 0.25) is 23.6 Å². The van der Waals surface area contributed by atoms with Gasteiger partial charge in [0.1, 0.15) is 12.1 Å². The minimum absolute atomic E-state index is 0.258. The number of carbonyl (C=O) groups excluding carboxylic acids is 4. The molecule has 0 radical (unpaired) electrons.